The van der Waals surface area contributed by atoms with E-state index in [-0.39, 0.29) is 6.26 Å². The van der Waals surface area contributed by atoms with Crippen molar-refractivity contribution in [2.75, 3.05) is 6.26 Å². The van der Waals surface area contributed by atoms with Crippen molar-refractivity contribution in [1.29, 1.82) is 0 Å². The van der Waals surface area contributed by atoms with E-state index in [1.54, 1.807) is 0 Å². The van der Waals surface area contributed by atoms with Crippen LogP contribution < -0.4 is 4.13 Å². The summed E-state index contributed by atoms with van der Waals surface area (Å²) in [6.07, 6.45) is -12.4. The maximum Gasteiger partial charge on any atom is 0.418 e. The molecule has 1 N–H and O–H groups in total. The minimum absolute atomic E-state index is 0.109. The highest BCUT2D eigenvalue weighted by Crippen LogP contribution is 2.47. The second-order valence-electron chi connectivity index (χ2n) is 3.39. The lowest BCUT2D eigenvalue weighted by Crippen LogP contribution is -2.63. The summed E-state index contributed by atoms with van der Waals surface area (Å²) in [6.45, 7) is -0.666. The number of hydrogen-bond acceptors (Lipinski definition) is 4. The molecule has 0 bridgehead atoms. The van der Waals surface area contributed by atoms with Crippen molar-refractivity contribution in [2.24, 2.45) is 0 Å². The van der Waals surface area contributed by atoms with Crippen LogP contribution in [0.25, 0.3) is 0 Å². The van der Waals surface area contributed by atoms with Crippen molar-refractivity contribution in [3.63, 3.8) is 0 Å². The average Bonchev–Trinajstić information content (AvgIpc) is 1.92. The molecule has 0 spiro atoms. The topological polar surface area (TPSA) is 80.3 Å². The lowest BCUT2D eigenvalue weighted by molar-refractivity contribution is -0.261. The van der Waals surface area contributed by atoms with Gasteiger partial charge >= 0.3 is 12.4 Å². The number of sulfonamides is 2. The fourth-order valence-electron chi connectivity index (χ4n) is 0.748. The van der Waals surface area contributed by atoms with Gasteiger partial charge in [-0.3, -0.25) is 0 Å². The Bertz CT molecular complexity index is 501. The first kappa shape index (κ1) is 17.4. The largest absolute Gasteiger partial charge is 0.418 e. The lowest BCUT2D eigenvalue weighted by atomic mass is 10.1. The summed E-state index contributed by atoms with van der Waals surface area (Å²) in [5.74, 6) is 0. The first-order chi connectivity index (χ1) is 7.46. The van der Waals surface area contributed by atoms with Crippen LogP contribution in [-0.2, 0) is 20.0 Å². The molecule has 0 aromatic heterocycles. The van der Waals surface area contributed by atoms with E-state index in [4.69, 9.17) is 0 Å². The van der Waals surface area contributed by atoms with Crippen LogP contribution >= 0.6 is 0 Å². The SMILES string of the molecule is CC(C(F)(F)F)(C(F)(F)F)S(=O)(=O)NS(C)(=O)=O. The van der Waals surface area contributed by atoms with E-state index < -0.39 is 44.1 Å². The summed E-state index contributed by atoms with van der Waals surface area (Å²) in [5, 5.41) is 0. The van der Waals surface area contributed by atoms with Gasteiger partial charge in [0.1, 0.15) is 0 Å². The van der Waals surface area contributed by atoms with Gasteiger partial charge in [-0.25, -0.2) is 16.8 Å². The van der Waals surface area contributed by atoms with E-state index in [1.807, 2.05) is 0 Å². The first-order valence-corrected chi connectivity index (χ1v) is 7.20. The normalized spacial score (nSPS) is 15.8. The van der Waals surface area contributed by atoms with E-state index in [9.17, 15) is 43.2 Å². The molecule has 0 unspecified atom stereocenters. The van der Waals surface area contributed by atoms with E-state index in [0.29, 0.717) is 4.13 Å². The molecule has 0 amide bonds. The quantitative estimate of drug-likeness (QED) is 0.777. The van der Waals surface area contributed by atoms with E-state index in [0.717, 1.165) is 0 Å². The van der Waals surface area contributed by atoms with Crippen LogP contribution in [-0.4, -0.2) is 40.2 Å². The Balaban J connectivity index is 6.12. The molecule has 0 aliphatic rings. The molecule has 18 heavy (non-hydrogen) atoms. The highest BCUT2D eigenvalue weighted by atomic mass is 32.3. The summed E-state index contributed by atoms with van der Waals surface area (Å²) in [7, 11) is -11.1. The Labute approximate surface area is 98.3 Å². The fourth-order valence-corrected chi connectivity index (χ4v) is 3.62. The maximum absolute atomic E-state index is 12.3. The van der Waals surface area contributed by atoms with Crippen molar-refractivity contribution in [3.8, 4) is 0 Å². The molecule has 13 heteroatoms. The molecule has 0 saturated carbocycles. The van der Waals surface area contributed by atoms with Crippen LogP contribution in [0.4, 0.5) is 26.3 Å². The second kappa shape index (κ2) is 4.23. The molecule has 0 saturated heterocycles. The van der Waals surface area contributed by atoms with Gasteiger partial charge in [0.25, 0.3) is 4.75 Å². The smallest absolute Gasteiger partial charge is 0.212 e. The molecule has 0 aromatic rings. The maximum atomic E-state index is 12.3. The van der Waals surface area contributed by atoms with Gasteiger partial charge in [-0.2, -0.15) is 26.3 Å². The third-order valence-electron chi connectivity index (χ3n) is 1.88. The summed E-state index contributed by atoms with van der Waals surface area (Å²) in [4.78, 5) is 0. The molecular formula is C5H7F6NO4S2. The molecule has 0 aliphatic heterocycles. The van der Waals surface area contributed by atoms with Crippen molar-refractivity contribution < 1.29 is 43.2 Å². The van der Waals surface area contributed by atoms with Crippen molar-refractivity contribution >= 4 is 20.0 Å². The van der Waals surface area contributed by atoms with Crippen LogP contribution in [0.3, 0.4) is 0 Å². The first-order valence-electron chi connectivity index (χ1n) is 3.82. The standard InChI is InChI=1S/C5H7F6NO4S2/c1-3(4(6,7)8,5(9,10)11)18(15,16)12-17(2,13)14/h12H,1-2H3. The second-order valence-corrected chi connectivity index (χ2v) is 7.42. The highest BCUT2D eigenvalue weighted by Gasteiger charge is 2.76. The van der Waals surface area contributed by atoms with Crippen LogP contribution in [0, 0.1) is 0 Å². The van der Waals surface area contributed by atoms with Gasteiger partial charge in [-0.15, -0.1) is 4.13 Å². The van der Waals surface area contributed by atoms with Gasteiger partial charge < -0.3 is 0 Å². The third-order valence-corrected chi connectivity index (χ3v) is 5.51. The van der Waals surface area contributed by atoms with E-state index >= 15 is 0 Å². The monoisotopic (exact) mass is 323 g/mol. The number of halogens is 6. The molecule has 0 aliphatic carbocycles. The Hall–Kier alpha value is -0.560. The molecular weight excluding hydrogens is 316 g/mol. The van der Waals surface area contributed by atoms with Gasteiger partial charge in [-0.05, 0) is 6.92 Å². The minimum atomic E-state index is -6.28. The molecule has 0 radical (unpaired) electrons. The average molecular weight is 323 g/mol. The van der Waals surface area contributed by atoms with Crippen LogP contribution in [0.15, 0.2) is 0 Å². The van der Waals surface area contributed by atoms with Gasteiger partial charge in [0, 0.05) is 0 Å². The Morgan fingerprint density at radius 2 is 1.11 bits per heavy atom. The fraction of sp³-hybridized carbons (Fsp3) is 1.00. The Kier molecular flexibility index (Phi) is 4.10. The molecule has 0 rings (SSSR count). The predicted octanol–water partition coefficient (Wildman–Crippen LogP) is 0.749. The molecule has 0 atom stereocenters. The van der Waals surface area contributed by atoms with Crippen LogP contribution in [0.5, 0.6) is 0 Å². The zero-order valence-corrected chi connectivity index (χ0v) is 10.4. The zero-order chi connectivity index (χ0) is 15.2. The van der Waals surface area contributed by atoms with Gasteiger partial charge in [0.05, 0.1) is 6.26 Å². The Morgan fingerprint density at radius 3 is 1.28 bits per heavy atom. The molecule has 5 nitrogen and oxygen atoms in total. The van der Waals surface area contributed by atoms with E-state index in [2.05, 4.69) is 0 Å². The minimum Gasteiger partial charge on any atom is -0.212 e. The Morgan fingerprint density at radius 1 is 0.833 bits per heavy atom. The molecule has 110 valence electrons. The van der Waals surface area contributed by atoms with Gasteiger partial charge in [0.15, 0.2) is 0 Å². The van der Waals surface area contributed by atoms with Crippen molar-refractivity contribution in [3.05, 3.63) is 0 Å². The molecule has 0 fully saturated rings. The molecule has 0 aromatic carbocycles. The zero-order valence-electron chi connectivity index (χ0n) is 8.72. The number of alkyl halides is 6. The van der Waals surface area contributed by atoms with Crippen LogP contribution in [0.1, 0.15) is 6.92 Å². The lowest BCUT2D eigenvalue weighted by Gasteiger charge is -2.32. The predicted molar refractivity (Wildman–Crippen MR) is 47.4 cm³/mol. The van der Waals surface area contributed by atoms with Crippen molar-refractivity contribution in [2.45, 2.75) is 24.0 Å². The summed E-state index contributed by atoms with van der Waals surface area (Å²) < 4.78 is 112. The van der Waals surface area contributed by atoms with Crippen LogP contribution in [0.2, 0.25) is 0 Å². The van der Waals surface area contributed by atoms with E-state index in [1.165, 1.54) is 0 Å². The number of hydrogen-bond donors (Lipinski definition) is 1. The van der Waals surface area contributed by atoms with Gasteiger partial charge in [0.2, 0.25) is 20.0 Å². The number of nitrogens with one attached hydrogen (secondary N) is 1. The summed E-state index contributed by atoms with van der Waals surface area (Å²) in [6, 6.07) is 0. The van der Waals surface area contributed by atoms with Crippen molar-refractivity contribution in [1.82, 2.24) is 4.13 Å². The number of rotatable bonds is 3. The highest BCUT2D eigenvalue weighted by molar-refractivity contribution is 8.05. The van der Waals surface area contributed by atoms with Gasteiger partial charge in [-0.1, -0.05) is 0 Å². The third kappa shape index (κ3) is 3.06. The summed E-state index contributed by atoms with van der Waals surface area (Å²) in [5.41, 5.74) is 0. The summed E-state index contributed by atoms with van der Waals surface area (Å²) >= 11 is 0. The molecule has 0 heterocycles.